The third-order valence-electron chi connectivity index (χ3n) is 4.06. The maximum atomic E-state index is 12.5. The lowest BCUT2D eigenvalue weighted by atomic mass is 10.1. The van der Waals surface area contributed by atoms with Crippen molar-refractivity contribution in [2.45, 2.75) is 30.3 Å². The molecule has 0 heterocycles. The van der Waals surface area contributed by atoms with Crippen LogP contribution in [-0.4, -0.2) is 40.9 Å². The van der Waals surface area contributed by atoms with Gasteiger partial charge in [-0.25, -0.2) is 16.8 Å². The summed E-state index contributed by atoms with van der Waals surface area (Å²) in [6.07, 6.45) is -4.81. The van der Waals surface area contributed by atoms with E-state index < -0.39 is 44.1 Å². The van der Waals surface area contributed by atoms with Crippen LogP contribution in [0.1, 0.15) is 29.6 Å². The molecule has 0 aliphatic heterocycles. The molecule has 0 fully saturated rings. The van der Waals surface area contributed by atoms with Crippen molar-refractivity contribution in [3.05, 3.63) is 54.1 Å². The second kappa shape index (κ2) is 9.69. The number of sulfone groups is 1. The first-order valence-electron chi connectivity index (χ1n) is 9.05. The Morgan fingerprint density at radius 3 is 2.13 bits per heavy atom. The van der Waals surface area contributed by atoms with Gasteiger partial charge in [-0.1, -0.05) is 12.1 Å². The van der Waals surface area contributed by atoms with E-state index in [1.54, 1.807) is 12.1 Å². The van der Waals surface area contributed by atoms with E-state index >= 15 is 0 Å². The molecule has 0 saturated heterocycles. The van der Waals surface area contributed by atoms with Gasteiger partial charge in [0, 0.05) is 12.1 Å². The van der Waals surface area contributed by atoms with E-state index in [1.165, 1.54) is 36.4 Å². The number of carbonyl (C=O) groups excluding carboxylic acids is 1. The molecule has 31 heavy (non-hydrogen) atoms. The molecule has 0 unspecified atom stereocenters. The number of benzene rings is 2. The van der Waals surface area contributed by atoms with Crippen LogP contribution in [0.4, 0.5) is 24.5 Å². The van der Waals surface area contributed by atoms with Gasteiger partial charge in [-0.05, 0) is 49.2 Å². The molecule has 2 rings (SSSR count). The summed E-state index contributed by atoms with van der Waals surface area (Å²) in [5.74, 6) is -1.03. The highest BCUT2D eigenvalue weighted by Crippen LogP contribution is 2.24. The van der Waals surface area contributed by atoms with Crippen LogP contribution in [0.2, 0.25) is 0 Å². The quantitative estimate of drug-likeness (QED) is 0.533. The Kier molecular flexibility index (Phi) is 7.71. The van der Waals surface area contributed by atoms with Gasteiger partial charge in [0.1, 0.15) is 0 Å². The normalized spacial score (nSPS) is 12.4. The first-order chi connectivity index (χ1) is 14.3. The minimum atomic E-state index is -4.32. The molecule has 0 atom stereocenters. The zero-order valence-electron chi connectivity index (χ0n) is 16.4. The fourth-order valence-electron chi connectivity index (χ4n) is 2.65. The third-order valence-corrected chi connectivity index (χ3v) is 6.47. The largest absolute Gasteiger partial charge is 0.389 e. The van der Waals surface area contributed by atoms with Gasteiger partial charge in [-0.3, -0.25) is 9.52 Å². The molecule has 12 heteroatoms. The number of unbranched alkanes of at least 4 members (excludes halogenated alkanes) is 1. The summed E-state index contributed by atoms with van der Waals surface area (Å²) in [7, 11) is -7.36. The monoisotopic (exact) mass is 478 g/mol. The standard InChI is InChI=1S/C19H21F3N2O5S2/c1-30(26,27)24-17-7-3-2-6-16(17)18(25)23-14-8-10-15(11-9-14)31(28,29)13-5-4-12-19(20,21)22/h2-3,6-11,24H,4-5,12-13H2,1H3,(H,23,25). The number of anilines is 2. The Hall–Kier alpha value is -2.60. The highest BCUT2D eigenvalue weighted by atomic mass is 32.2. The van der Waals surface area contributed by atoms with Crippen LogP contribution < -0.4 is 10.0 Å². The molecule has 0 radical (unpaired) electrons. The first-order valence-corrected chi connectivity index (χ1v) is 12.6. The number of amides is 1. The second-order valence-corrected chi connectivity index (χ2v) is 10.6. The molecule has 0 spiro atoms. The van der Waals surface area contributed by atoms with Gasteiger partial charge in [-0.2, -0.15) is 13.2 Å². The molecule has 0 aliphatic rings. The van der Waals surface area contributed by atoms with Gasteiger partial charge in [-0.15, -0.1) is 0 Å². The summed E-state index contributed by atoms with van der Waals surface area (Å²) in [5.41, 5.74) is 0.407. The molecule has 2 N–H and O–H groups in total. The average molecular weight is 479 g/mol. The highest BCUT2D eigenvalue weighted by Gasteiger charge is 2.26. The Morgan fingerprint density at radius 1 is 0.935 bits per heavy atom. The van der Waals surface area contributed by atoms with Crippen LogP contribution in [0, 0.1) is 0 Å². The molecular formula is C19H21F3N2O5S2. The maximum Gasteiger partial charge on any atom is 0.389 e. The number of para-hydroxylation sites is 1. The number of hydrogen-bond donors (Lipinski definition) is 2. The minimum Gasteiger partial charge on any atom is -0.322 e. The summed E-state index contributed by atoms with van der Waals surface area (Å²) in [6.45, 7) is 0. The Morgan fingerprint density at radius 2 is 1.55 bits per heavy atom. The van der Waals surface area contributed by atoms with Crippen LogP contribution in [-0.2, 0) is 19.9 Å². The van der Waals surface area contributed by atoms with Crippen LogP contribution in [0.25, 0.3) is 0 Å². The first kappa shape index (κ1) is 24.7. The number of rotatable bonds is 9. The smallest absolute Gasteiger partial charge is 0.322 e. The van der Waals surface area contributed by atoms with Crippen molar-refractivity contribution in [2.75, 3.05) is 22.0 Å². The lowest BCUT2D eigenvalue weighted by Crippen LogP contribution is -2.17. The van der Waals surface area contributed by atoms with Gasteiger partial charge >= 0.3 is 6.18 Å². The van der Waals surface area contributed by atoms with Gasteiger partial charge < -0.3 is 5.32 Å². The van der Waals surface area contributed by atoms with Crippen LogP contribution >= 0.6 is 0 Å². The fraction of sp³-hybridized carbons (Fsp3) is 0.316. The Bertz CT molecular complexity index is 1130. The SMILES string of the molecule is CS(=O)(=O)Nc1ccccc1C(=O)Nc1ccc(S(=O)(=O)CCCCC(F)(F)F)cc1. The molecule has 2 aromatic carbocycles. The van der Waals surface area contributed by atoms with Crippen molar-refractivity contribution in [3.63, 3.8) is 0 Å². The number of nitrogens with one attached hydrogen (secondary N) is 2. The van der Waals surface area contributed by atoms with E-state index in [0.717, 1.165) is 6.26 Å². The van der Waals surface area contributed by atoms with Gasteiger partial charge in [0.25, 0.3) is 5.91 Å². The van der Waals surface area contributed by atoms with E-state index in [9.17, 15) is 34.8 Å². The maximum absolute atomic E-state index is 12.5. The predicted octanol–water partition coefficient (Wildman–Crippen LogP) is 3.82. The molecular weight excluding hydrogens is 457 g/mol. The fourth-order valence-corrected chi connectivity index (χ4v) is 4.60. The number of carbonyl (C=O) groups is 1. The van der Waals surface area contributed by atoms with Crippen molar-refractivity contribution in [1.82, 2.24) is 0 Å². The minimum absolute atomic E-state index is 0.0642. The molecule has 0 aromatic heterocycles. The molecule has 2 aromatic rings. The van der Waals surface area contributed by atoms with Crippen molar-refractivity contribution >= 4 is 37.1 Å². The number of alkyl halides is 3. The van der Waals surface area contributed by atoms with Crippen molar-refractivity contribution in [2.24, 2.45) is 0 Å². The van der Waals surface area contributed by atoms with E-state index in [0.29, 0.717) is 0 Å². The molecule has 1 amide bonds. The number of hydrogen-bond acceptors (Lipinski definition) is 5. The Balaban J connectivity index is 2.05. The molecule has 7 nitrogen and oxygen atoms in total. The molecule has 0 bridgehead atoms. The van der Waals surface area contributed by atoms with E-state index in [1.807, 2.05) is 0 Å². The van der Waals surface area contributed by atoms with Crippen LogP contribution in [0.5, 0.6) is 0 Å². The molecule has 0 aliphatic carbocycles. The van der Waals surface area contributed by atoms with Gasteiger partial charge in [0.15, 0.2) is 9.84 Å². The van der Waals surface area contributed by atoms with E-state index in [-0.39, 0.29) is 34.7 Å². The summed E-state index contributed by atoms with van der Waals surface area (Å²) in [6, 6.07) is 11.1. The van der Waals surface area contributed by atoms with E-state index in [4.69, 9.17) is 0 Å². The zero-order chi connectivity index (χ0) is 23.3. The highest BCUT2D eigenvalue weighted by molar-refractivity contribution is 7.92. The van der Waals surface area contributed by atoms with Gasteiger partial charge in [0.05, 0.1) is 28.2 Å². The summed E-state index contributed by atoms with van der Waals surface area (Å²) in [5, 5.41) is 2.54. The lowest BCUT2D eigenvalue weighted by molar-refractivity contribution is -0.135. The van der Waals surface area contributed by atoms with Crippen LogP contribution in [0.15, 0.2) is 53.4 Å². The summed E-state index contributed by atoms with van der Waals surface area (Å²) >= 11 is 0. The number of halogens is 3. The summed E-state index contributed by atoms with van der Waals surface area (Å²) in [4.78, 5) is 12.4. The predicted molar refractivity (Wildman–Crippen MR) is 111 cm³/mol. The topological polar surface area (TPSA) is 109 Å². The van der Waals surface area contributed by atoms with Crippen molar-refractivity contribution in [1.29, 1.82) is 0 Å². The second-order valence-electron chi connectivity index (χ2n) is 6.79. The van der Waals surface area contributed by atoms with E-state index in [2.05, 4.69) is 10.0 Å². The summed E-state index contributed by atoms with van der Waals surface area (Å²) < 4.78 is 86.1. The molecule has 0 saturated carbocycles. The third kappa shape index (κ3) is 8.21. The van der Waals surface area contributed by atoms with Crippen molar-refractivity contribution in [3.8, 4) is 0 Å². The number of sulfonamides is 1. The zero-order valence-corrected chi connectivity index (χ0v) is 18.1. The Labute approximate surface area is 178 Å². The molecule has 170 valence electrons. The van der Waals surface area contributed by atoms with Crippen molar-refractivity contribution < 1.29 is 34.8 Å². The lowest BCUT2D eigenvalue weighted by Gasteiger charge is -2.11. The van der Waals surface area contributed by atoms with Gasteiger partial charge in [0.2, 0.25) is 10.0 Å². The average Bonchev–Trinajstić information content (AvgIpc) is 2.64. The van der Waals surface area contributed by atoms with Crippen LogP contribution in [0.3, 0.4) is 0 Å².